The van der Waals surface area contributed by atoms with Crippen LogP contribution in [0.1, 0.15) is 46.0 Å². The number of aryl methyl sites for hydroxylation is 1. The van der Waals surface area contributed by atoms with E-state index in [1.54, 1.807) is 30.0 Å². The molecule has 2 amide bonds. The average molecular weight is 691 g/mol. The number of aliphatic hydroxyl groups excluding tert-OH is 1. The fourth-order valence-electron chi connectivity index (χ4n) is 5.60. The molecule has 1 atom stereocenters. The van der Waals surface area contributed by atoms with Gasteiger partial charge < -0.3 is 29.9 Å². The lowest BCUT2D eigenvalue weighted by atomic mass is 10.1. The highest BCUT2D eigenvalue weighted by atomic mass is 19.4. The number of carbonyl (C=O) groups excluding carboxylic acids is 2. The van der Waals surface area contributed by atoms with Crippen molar-refractivity contribution in [2.45, 2.75) is 45.5 Å². The lowest BCUT2D eigenvalue weighted by molar-refractivity contribution is -0.137. The molecule has 0 fully saturated rings. The molecular weight excluding hydrogens is 645 g/mol. The standard InChI is InChI=1S/C22H23F3N2O4.C17H22N2/c1-14(13-28)27-10-3-11-31-20-17(21(27)30)4-2-5-18(20)26-19(29)12-15-6-8-16(9-7-15)22(23,24)25;1-14-7-5-6-8-17(14)19(4)16-11-9-15(10-12-16)13-18(2)3/h2,4-9,14,28H,3,10-13H2,1H3,(H,26,29);5-12H,13H2,1-4H3/t14-;/m0./s1. The van der Waals surface area contributed by atoms with Gasteiger partial charge in [-0.25, -0.2) is 0 Å². The van der Waals surface area contributed by atoms with Crippen molar-refractivity contribution >= 4 is 28.9 Å². The Morgan fingerprint density at radius 3 is 2.22 bits per heavy atom. The van der Waals surface area contributed by atoms with Gasteiger partial charge >= 0.3 is 6.18 Å². The number of hydrogen-bond acceptors (Lipinski definition) is 6. The third kappa shape index (κ3) is 10.1. The molecular formula is C39H45F3N4O4. The summed E-state index contributed by atoms with van der Waals surface area (Å²) in [6.45, 7) is 5.45. The first-order valence-corrected chi connectivity index (χ1v) is 16.4. The number of hydrogen-bond donors (Lipinski definition) is 2. The highest BCUT2D eigenvalue weighted by Crippen LogP contribution is 2.33. The highest BCUT2D eigenvalue weighted by Gasteiger charge is 2.30. The maximum Gasteiger partial charge on any atom is 0.416 e. The minimum Gasteiger partial charge on any atom is -0.490 e. The Labute approximate surface area is 292 Å². The topological polar surface area (TPSA) is 85.3 Å². The number of alkyl halides is 3. The van der Waals surface area contributed by atoms with Crippen molar-refractivity contribution in [2.75, 3.05) is 51.1 Å². The van der Waals surface area contributed by atoms with Crippen LogP contribution in [0.3, 0.4) is 0 Å². The smallest absolute Gasteiger partial charge is 0.416 e. The molecule has 1 heterocycles. The Morgan fingerprint density at radius 1 is 0.940 bits per heavy atom. The van der Waals surface area contributed by atoms with E-state index in [9.17, 15) is 27.9 Å². The van der Waals surface area contributed by atoms with Gasteiger partial charge in [0.1, 0.15) is 0 Å². The molecule has 1 aliphatic rings. The average Bonchev–Trinajstić information content (AvgIpc) is 3.07. The molecule has 266 valence electrons. The number of benzene rings is 4. The lowest BCUT2D eigenvalue weighted by Gasteiger charge is -2.31. The van der Waals surface area contributed by atoms with E-state index in [-0.39, 0.29) is 36.3 Å². The summed E-state index contributed by atoms with van der Waals surface area (Å²) in [7, 11) is 6.30. The van der Waals surface area contributed by atoms with E-state index in [0.717, 1.165) is 18.7 Å². The first-order valence-electron chi connectivity index (χ1n) is 16.4. The molecule has 5 rings (SSSR count). The van der Waals surface area contributed by atoms with Gasteiger partial charge in [-0.15, -0.1) is 0 Å². The van der Waals surface area contributed by atoms with E-state index >= 15 is 0 Å². The first kappa shape index (κ1) is 37.9. The highest BCUT2D eigenvalue weighted by molar-refractivity contribution is 6.01. The van der Waals surface area contributed by atoms with Gasteiger partial charge in [0.05, 0.1) is 42.5 Å². The first-order chi connectivity index (χ1) is 23.8. The lowest BCUT2D eigenvalue weighted by Crippen LogP contribution is -2.42. The zero-order valence-electron chi connectivity index (χ0n) is 29.1. The molecule has 0 saturated carbocycles. The van der Waals surface area contributed by atoms with Gasteiger partial charge in [0, 0.05) is 31.5 Å². The zero-order chi connectivity index (χ0) is 36.4. The summed E-state index contributed by atoms with van der Waals surface area (Å²) in [5, 5.41) is 12.1. The number of nitrogens with zero attached hydrogens (tertiary/aromatic N) is 3. The number of rotatable bonds is 9. The van der Waals surface area contributed by atoms with Crippen molar-refractivity contribution in [1.82, 2.24) is 9.80 Å². The van der Waals surface area contributed by atoms with Crippen LogP contribution in [-0.2, 0) is 23.9 Å². The van der Waals surface area contributed by atoms with Crippen molar-refractivity contribution in [3.8, 4) is 5.75 Å². The van der Waals surface area contributed by atoms with Gasteiger partial charge in [0.25, 0.3) is 5.91 Å². The molecule has 0 spiro atoms. The summed E-state index contributed by atoms with van der Waals surface area (Å²) in [4.78, 5) is 31.4. The number of ether oxygens (including phenoxy) is 1. The van der Waals surface area contributed by atoms with Gasteiger partial charge in [-0.2, -0.15) is 13.2 Å². The summed E-state index contributed by atoms with van der Waals surface area (Å²) < 4.78 is 43.8. The van der Waals surface area contributed by atoms with Crippen LogP contribution in [0.5, 0.6) is 5.75 Å². The van der Waals surface area contributed by atoms with Crippen LogP contribution < -0.4 is 15.0 Å². The second kappa shape index (κ2) is 17.2. The number of carbonyl (C=O) groups is 2. The monoisotopic (exact) mass is 690 g/mol. The normalized spacial score (nSPS) is 13.6. The number of anilines is 3. The third-order valence-electron chi connectivity index (χ3n) is 8.31. The SMILES string of the molecule is C[C@@H](CO)N1CCCOc2c(NC(=O)Cc3ccc(C(F)(F)F)cc3)cccc2C1=O.Cc1ccccc1N(C)c1ccc(CN(C)C)cc1. The van der Waals surface area contributed by atoms with E-state index in [1.165, 1.54) is 34.6 Å². The molecule has 8 nitrogen and oxygen atoms in total. The number of fused-ring (bicyclic) bond motifs is 1. The number of aliphatic hydroxyl groups is 1. The van der Waals surface area contributed by atoms with Gasteiger partial charge in [0.2, 0.25) is 5.91 Å². The summed E-state index contributed by atoms with van der Waals surface area (Å²) in [5.74, 6) is -0.523. The summed E-state index contributed by atoms with van der Waals surface area (Å²) in [5.41, 5.74) is 5.32. The Balaban J connectivity index is 0.000000252. The van der Waals surface area contributed by atoms with Crippen LogP contribution in [0, 0.1) is 6.92 Å². The molecule has 11 heteroatoms. The van der Waals surface area contributed by atoms with Crippen molar-refractivity contribution in [3.63, 3.8) is 0 Å². The van der Waals surface area contributed by atoms with E-state index in [4.69, 9.17) is 4.74 Å². The van der Waals surface area contributed by atoms with Crippen LogP contribution in [0.4, 0.5) is 30.2 Å². The van der Waals surface area contributed by atoms with Crippen LogP contribution >= 0.6 is 0 Å². The summed E-state index contributed by atoms with van der Waals surface area (Å²) in [6, 6.07) is 26.0. The predicted molar refractivity (Wildman–Crippen MR) is 191 cm³/mol. The molecule has 0 bridgehead atoms. The van der Waals surface area contributed by atoms with E-state index in [1.807, 2.05) is 0 Å². The van der Waals surface area contributed by atoms with Crippen molar-refractivity contribution in [2.24, 2.45) is 0 Å². The van der Waals surface area contributed by atoms with Crippen molar-refractivity contribution in [3.05, 3.63) is 119 Å². The molecule has 0 saturated heterocycles. The van der Waals surface area contributed by atoms with Gasteiger partial charge in [-0.05, 0) is 93.5 Å². The second-order valence-corrected chi connectivity index (χ2v) is 12.6. The largest absolute Gasteiger partial charge is 0.490 e. The molecule has 0 radical (unpaired) electrons. The molecule has 4 aromatic rings. The van der Waals surface area contributed by atoms with Crippen LogP contribution in [-0.4, -0.2) is 73.7 Å². The molecule has 0 aromatic heterocycles. The fourth-order valence-corrected chi connectivity index (χ4v) is 5.60. The van der Waals surface area contributed by atoms with Crippen LogP contribution in [0.25, 0.3) is 0 Å². The number of nitrogens with one attached hydrogen (secondary N) is 1. The van der Waals surface area contributed by atoms with Gasteiger partial charge in [-0.1, -0.05) is 48.5 Å². The quantitative estimate of drug-likeness (QED) is 0.192. The van der Waals surface area contributed by atoms with Crippen molar-refractivity contribution < 1.29 is 32.6 Å². The van der Waals surface area contributed by atoms with E-state index < -0.39 is 17.6 Å². The Kier molecular flexibility index (Phi) is 13.0. The minimum absolute atomic E-state index is 0.135. The number of halogens is 3. The second-order valence-electron chi connectivity index (χ2n) is 12.6. The van der Waals surface area contributed by atoms with Gasteiger partial charge in [-0.3, -0.25) is 9.59 Å². The van der Waals surface area contributed by atoms with Crippen LogP contribution in [0.2, 0.25) is 0 Å². The summed E-state index contributed by atoms with van der Waals surface area (Å²) in [6.07, 6.45) is -4.01. The van der Waals surface area contributed by atoms with Gasteiger partial charge in [0.15, 0.2) is 5.75 Å². The minimum atomic E-state index is -4.44. The third-order valence-corrected chi connectivity index (χ3v) is 8.31. The molecule has 2 N–H and O–H groups in total. The maximum atomic E-state index is 13.0. The van der Waals surface area contributed by atoms with E-state index in [2.05, 4.69) is 91.7 Å². The number of amides is 2. The summed E-state index contributed by atoms with van der Waals surface area (Å²) >= 11 is 0. The Bertz CT molecular complexity index is 1730. The fraction of sp³-hybridized carbons (Fsp3) is 0.333. The molecule has 50 heavy (non-hydrogen) atoms. The molecule has 4 aromatic carbocycles. The zero-order valence-corrected chi connectivity index (χ0v) is 29.1. The number of para-hydroxylation sites is 2. The Hall–Kier alpha value is -4.87. The molecule has 0 unspecified atom stereocenters. The molecule has 0 aliphatic carbocycles. The Morgan fingerprint density at radius 2 is 1.60 bits per heavy atom. The van der Waals surface area contributed by atoms with Crippen molar-refractivity contribution in [1.29, 1.82) is 0 Å². The van der Waals surface area contributed by atoms with E-state index in [0.29, 0.717) is 30.8 Å². The predicted octanol–water partition coefficient (Wildman–Crippen LogP) is 7.32. The molecule has 1 aliphatic heterocycles. The maximum absolute atomic E-state index is 13.0. The van der Waals surface area contributed by atoms with Crippen LogP contribution in [0.15, 0.2) is 91.0 Å².